The molecule has 3 rings (SSSR count). The minimum absolute atomic E-state index is 0.242. The number of anilines is 1. The number of sulfone groups is 1. The SMILES string of the molecule is Cn1ncc2c1CCCC2Nc1ccc(S(C)(=O)=O)cc1. The molecule has 112 valence electrons. The lowest BCUT2D eigenvalue weighted by Gasteiger charge is -2.24. The van der Waals surface area contributed by atoms with Crippen molar-refractivity contribution < 1.29 is 8.42 Å². The Balaban J connectivity index is 1.82. The molecule has 5 nitrogen and oxygen atoms in total. The van der Waals surface area contributed by atoms with Crippen molar-refractivity contribution in [1.82, 2.24) is 9.78 Å². The second-order valence-electron chi connectivity index (χ2n) is 5.56. The van der Waals surface area contributed by atoms with E-state index >= 15 is 0 Å². The van der Waals surface area contributed by atoms with E-state index in [1.807, 2.05) is 30.1 Å². The van der Waals surface area contributed by atoms with Crippen LogP contribution in [0.25, 0.3) is 0 Å². The molecule has 1 aliphatic rings. The van der Waals surface area contributed by atoms with Crippen LogP contribution in [-0.4, -0.2) is 24.5 Å². The van der Waals surface area contributed by atoms with E-state index in [2.05, 4.69) is 10.4 Å². The zero-order chi connectivity index (χ0) is 15.0. The number of aromatic nitrogens is 2. The Morgan fingerprint density at radius 1 is 1.29 bits per heavy atom. The second kappa shape index (κ2) is 5.18. The van der Waals surface area contributed by atoms with Crippen LogP contribution in [0.4, 0.5) is 5.69 Å². The fourth-order valence-electron chi connectivity index (χ4n) is 2.86. The molecule has 1 atom stereocenters. The Bertz CT molecular complexity index is 748. The third kappa shape index (κ3) is 2.81. The zero-order valence-corrected chi connectivity index (χ0v) is 13.0. The average Bonchev–Trinajstić information content (AvgIpc) is 2.82. The lowest BCUT2D eigenvalue weighted by atomic mass is 9.93. The van der Waals surface area contributed by atoms with Gasteiger partial charge < -0.3 is 5.32 Å². The Morgan fingerprint density at radius 2 is 2.00 bits per heavy atom. The first kappa shape index (κ1) is 14.1. The third-order valence-electron chi connectivity index (χ3n) is 4.00. The molecular weight excluding hydrogens is 286 g/mol. The summed E-state index contributed by atoms with van der Waals surface area (Å²) < 4.78 is 24.9. The summed E-state index contributed by atoms with van der Waals surface area (Å²) in [5, 5.41) is 7.81. The quantitative estimate of drug-likeness (QED) is 0.945. The normalized spacial score (nSPS) is 18.3. The fourth-order valence-corrected chi connectivity index (χ4v) is 3.49. The number of aryl methyl sites for hydroxylation is 1. The molecule has 6 heteroatoms. The standard InChI is InChI=1S/C15H19N3O2S/c1-18-15-5-3-4-14(13(15)10-16-18)17-11-6-8-12(9-7-11)21(2,19)20/h6-10,14,17H,3-5H2,1-2H3. The molecule has 0 amide bonds. The van der Waals surface area contributed by atoms with Crippen molar-refractivity contribution >= 4 is 15.5 Å². The molecule has 0 radical (unpaired) electrons. The smallest absolute Gasteiger partial charge is 0.175 e. The lowest BCUT2D eigenvalue weighted by Crippen LogP contribution is -2.17. The summed E-state index contributed by atoms with van der Waals surface area (Å²) in [7, 11) is -1.16. The van der Waals surface area contributed by atoms with E-state index in [0.717, 1.165) is 24.9 Å². The van der Waals surface area contributed by atoms with Gasteiger partial charge >= 0.3 is 0 Å². The Kier molecular flexibility index (Phi) is 3.49. The van der Waals surface area contributed by atoms with Gasteiger partial charge in [-0.3, -0.25) is 4.68 Å². The minimum atomic E-state index is -3.14. The van der Waals surface area contributed by atoms with Crippen molar-refractivity contribution in [2.45, 2.75) is 30.2 Å². The van der Waals surface area contributed by atoms with Crippen molar-refractivity contribution in [2.24, 2.45) is 7.05 Å². The van der Waals surface area contributed by atoms with Crippen LogP contribution in [0.15, 0.2) is 35.4 Å². The van der Waals surface area contributed by atoms with Gasteiger partial charge in [0, 0.05) is 30.2 Å². The highest BCUT2D eigenvalue weighted by molar-refractivity contribution is 7.90. The van der Waals surface area contributed by atoms with Crippen molar-refractivity contribution in [3.05, 3.63) is 41.7 Å². The molecule has 1 aliphatic carbocycles. The predicted octanol–water partition coefficient (Wildman–Crippen LogP) is 2.31. The van der Waals surface area contributed by atoms with E-state index in [0.29, 0.717) is 4.90 Å². The summed E-state index contributed by atoms with van der Waals surface area (Å²) in [5.74, 6) is 0. The Morgan fingerprint density at radius 3 is 2.67 bits per heavy atom. The molecule has 1 aromatic heterocycles. The molecule has 0 fully saturated rings. The van der Waals surface area contributed by atoms with Crippen LogP contribution in [0.5, 0.6) is 0 Å². The van der Waals surface area contributed by atoms with Crippen molar-refractivity contribution in [1.29, 1.82) is 0 Å². The number of benzene rings is 1. The van der Waals surface area contributed by atoms with Gasteiger partial charge in [0.2, 0.25) is 0 Å². The van der Waals surface area contributed by atoms with Crippen LogP contribution >= 0.6 is 0 Å². The highest BCUT2D eigenvalue weighted by Gasteiger charge is 2.23. The first-order chi connectivity index (χ1) is 9.95. The van der Waals surface area contributed by atoms with Crippen LogP contribution < -0.4 is 5.32 Å². The molecule has 1 heterocycles. The van der Waals surface area contributed by atoms with Gasteiger partial charge in [0.1, 0.15) is 0 Å². The molecule has 0 bridgehead atoms. The van der Waals surface area contributed by atoms with Crippen LogP contribution in [-0.2, 0) is 23.3 Å². The van der Waals surface area contributed by atoms with Crippen LogP contribution in [0.1, 0.15) is 30.1 Å². The number of fused-ring (bicyclic) bond motifs is 1. The third-order valence-corrected chi connectivity index (χ3v) is 5.13. The first-order valence-corrected chi connectivity index (χ1v) is 8.92. The van der Waals surface area contributed by atoms with Crippen molar-refractivity contribution in [2.75, 3.05) is 11.6 Å². The number of hydrogen-bond acceptors (Lipinski definition) is 4. The zero-order valence-electron chi connectivity index (χ0n) is 12.2. The highest BCUT2D eigenvalue weighted by atomic mass is 32.2. The van der Waals surface area contributed by atoms with Gasteiger partial charge in [-0.2, -0.15) is 5.10 Å². The molecule has 0 saturated heterocycles. The van der Waals surface area contributed by atoms with Gasteiger partial charge in [-0.1, -0.05) is 0 Å². The second-order valence-corrected chi connectivity index (χ2v) is 7.57. The molecule has 0 aliphatic heterocycles. The number of nitrogens with zero attached hydrogens (tertiary/aromatic N) is 2. The Hall–Kier alpha value is -1.82. The summed E-state index contributed by atoms with van der Waals surface area (Å²) in [5.41, 5.74) is 3.46. The lowest BCUT2D eigenvalue weighted by molar-refractivity contribution is 0.571. The fraction of sp³-hybridized carbons (Fsp3) is 0.400. The molecule has 0 saturated carbocycles. The van der Waals surface area contributed by atoms with E-state index < -0.39 is 9.84 Å². The minimum Gasteiger partial charge on any atom is -0.378 e. The average molecular weight is 305 g/mol. The van der Waals surface area contributed by atoms with E-state index in [-0.39, 0.29) is 6.04 Å². The predicted molar refractivity (Wildman–Crippen MR) is 82.1 cm³/mol. The van der Waals surface area contributed by atoms with Crippen molar-refractivity contribution in [3.8, 4) is 0 Å². The molecule has 21 heavy (non-hydrogen) atoms. The van der Waals surface area contributed by atoms with E-state index in [1.165, 1.54) is 17.5 Å². The van der Waals surface area contributed by atoms with E-state index in [4.69, 9.17) is 0 Å². The molecule has 0 spiro atoms. The van der Waals surface area contributed by atoms with Crippen LogP contribution in [0.2, 0.25) is 0 Å². The van der Waals surface area contributed by atoms with Gasteiger partial charge in [0.25, 0.3) is 0 Å². The summed E-state index contributed by atoms with van der Waals surface area (Å²) in [4.78, 5) is 0.346. The monoisotopic (exact) mass is 305 g/mol. The number of rotatable bonds is 3. The van der Waals surface area contributed by atoms with Crippen molar-refractivity contribution in [3.63, 3.8) is 0 Å². The molecule has 1 unspecified atom stereocenters. The van der Waals surface area contributed by atoms with Gasteiger partial charge in [-0.05, 0) is 43.5 Å². The van der Waals surface area contributed by atoms with E-state index in [1.54, 1.807) is 12.1 Å². The number of hydrogen-bond donors (Lipinski definition) is 1. The van der Waals surface area contributed by atoms with Gasteiger partial charge in [-0.25, -0.2) is 8.42 Å². The summed E-state index contributed by atoms with van der Waals surface area (Å²) in [6.07, 6.45) is 6.41. The van der Waals surface area contributed by atoms with Crippen LogP contribution in [0, 0.1) is 0 Å². The Labute approximate surface area is 124 Å². The first-order valence-electron chi connectivity index (χ1n) is 7.02. The largest absolute Gasteiger partial charge is 0.378 e. The summed E-state index contributed by atoms with van der Waals surface area (Å²) in [6.45, 7) is 0. The molecule has 1 aromatic carbocycles. The van der Waals surface area contributed by atoms with E-state index in [9.17, 15) is 8.42 Å². The molecule has 2 aromatic rings. The van der Waals surface area contributed by atoms with Gasteiger partial charge in [-0.15, -0.1) is 0 Å². The molecule has 1 N–H and O–H groups in total. The van der Waals surface area contributed by atoms with Gasteiger partial charge in [0.15, 0.2) is 9.84 Å². The van der Waals surface area contributed by atoms with Crippen LogP contribution in [0.3, 0.4) is 0 Å². The molecular formula is C15H19N3O2S. The maximum Gasteiger partial charge on any atom is 0.175 e. The maximum atomic E-state index is 11.5. The summed E-state index contributed by atoms with van der Waals surface area (Å²) in [6, 6.07) is 7.17. The maximum absolute atomic E-state index is 11.5. The topological polar surface area (TPSA) is 64.0 Å². The summed E-state index contributed by atoms with van der Waals surface area (Å²) >= 11 is 0. The highest BCUT2D eigenvalue weighted by Crippen LogP contribution is 2.32. The number of nitrogens with one attached hydrogen (secondary N) is 1. The van der Waals surface area contributed by atoms with Gasteiger partial charge in [0.05, 0.1) is 17.1 Å².